The van der Waals surface area contributed by atoms with Crippen LogP contribution in [0.4, 0.5) is 0 Å². The van der Waals surface area contributed by atoms with Crippen LogP contribution in [0.15, 0.2) is 34.9 Å². The highest BCUT2D eigenvalue weighted by Gasteiger charge is 2.28. The van der Waals surface area contributed by atoms with Crippen molar-refractivity contribution in [1.82, 2.24) is 15.2 Å². The van der Waals surface area contributed by atoms with Gasteiger partial charge in [-0.25, -0.2) is 4.79 Å². The molecular weight excluding hydrogens is 414 g/mol. The number of pyridine rings is 1. The molecule has 7 nitrogen and oxygen atoms in total. The number of carbonyl (C=O) groups is 3. The minimum Gasteiger partial charge on any atom is -0.459 e. The van der Waals surface area contributed by atoms with Crippen LogP contribution in [0.1, 0.15) is 30.1 Å². The van der Waals surface area contributed by atoms with Gasteiger partial charge in [0.15, 0.2) is 0 Å². The molecule has 0 aliphatic carbocycles. The van der Waals surface area contributed by atoms with E-state index in [1.165, 1.54) is 4.90 Å². The van der Waals surface area contributed by atoms with Gasteiger partial charge in [-0.2, -0.15) is 0 Å². The van der Waals surface area contributed by atoms with E-state index in [-0.39, 0.29) is 18.6 Å². The monoisotopic (exact) mass is 433 g/mol. The van der Waals surface area contributed by atoms with E-state index in [9.17, 15) is 14.4 Å². The molecule has 3 rings (SSSR count). The van der Waals surface area contributed by atoms with Crippen LogP contribution >= 0.6 is 15.9 Å². The molecule has 0 radical (unpaired) electrons. The first-order chi connectivity index (χ1) is 13.0. The van der Waals surface area contributed by atoms with Gasteiger partial charge in [-0.15, -0.1) is 0 Å². The van der Waals surface area contributed by atoms with E-state index in [1.807, 2.05) is 24.3 Å². The Morgan fingerprint density at radius 1 is 1.26 bits per heavy atom. The minimum absolute atomic E-state index is 0.0537. The maximum Gasteiger partial charge on any atom is 0.397 e. The van der Waals surface area contributed by atoms with E-state index in [0.717, 1.165) is 15.4 Å². The van der Waals surface area contributed by atoms with E-state index < -0.39 is 11.9 Å². The lowest BCUT2D eigenvalue weighted by Gasteiger charge is -2.31. The van der Waals surface area contributed by atoms with Gasteiger partial charge in [-0.1, -0.05) is 15.9 Å². The lowest BCUT2D eigenvalue weighted by molar-refractivity contribution is -0.160. The van der Waals surface area contributed by atoms with Gasteiger partial charge in [-0.3, -0.25) is 14.6 Å². The number of rotatable bonds is 3. The molecule has 142 valence electrons. The highest BCUT2D eigenvalue weighted by atomic mass is 79.9. The van der Waals surface area contributed by atoms with E-state index in [1.54, 1.807) is 13.1 Å². The number of aromatic nitrogens is 1. The Labute approximate surface area is 165 Å². The van der Waals surface area contributed by atoms with Crippen molar-refractivity contribution >= 4 is 44.6 Å². The molecule has 1 saturated heterocycles. The Balaban J connectivity index is 1.58. The molecule has 2 aromatic rings. The van der Waals surface area contributed by atoms with Gasteiger partial charge in [0.05, 0.1) is 17.7 Å². The molecule has 0 unspecified atom stereocenters. The standard InChI is InChI=1S/C19H20BrN3O4/c1-2-27-19(26)18(25)23-7-5-15(6-8-23)22-17(24)13-9-12-10-14(20)3-4-16(12)21-11-13/h3-4,9-11,15H,2,5-8H2,1H3,(H,22,24). The molecular formula is C19H20BrN3O4. The molecule has 27 heavy (non-hydrogen) atoms. The topological polar surface area (TPSA) is 88.6 Å². The SMILES string of the molecule is CCOC(=O)C(=O)N1CCC(NC(=O)c2cnc3ccc(Br)cc3c2)CC1. The van der Waals surface area contributed by atoms with Crippen LogP contribution in [0.5, 0.6) is 0 Å². The number of nitrogens with zero attached hydrogens (tertiary/aromatic N) is 2. The summed E-state index contributed by atoms with van der Waals surface area (Å²) in [6, 6.07) is 7.46. The van der Waals surface area contributed by atoms with Crippen LogP contribution < -0.4 is 5.32 Å². The average molecular weight is 434 g/mol. The maximum atomic E-state index is 12.5. The number of likely N-dealkylation sites (tertiary alicyclic amines) is 1. The van der Waals surface area contributed by atoms with Gasteiger partial charge in [0.25, 0.3) is 5.91 Å². The van der Waals surface area contributed by atoms with Crippen molar-refractivity contribution in [2.75, 3.05) is 19.7 Å². The third kappa shape index (κ3) is 4.63. The summed E-state index contributed by atoms with van der Waals surface area (Å²) in [7, 11) is 0. The Morgan fingerprint density at radius 3 is 2.70 bits per heavy atom. The van der Waals surface area contributed by atoms with Gasteiger partial charge in [0, 0.05) is 35.2 Å². The second kappa shape index (κ2) is 8.47. The van der Waals surface area contributed by atoms with Crippen molar-refractivity contribution in [3.63, 3.8) is 0 Å². The number of piperidine rings is 1. The Kier molecular flexibility index (Phi) is 6.05. The molecule has 1 fully saturated rings. The third-order valence-electron chi connectivity index (χ3n) is 4.47. The zero-order chi connectivity index (χ0) is 19.4. The minimum atomic E-state index is -0.826. The van der Waals surface area contributed by atoms with Crippen LogP contribution in [0, 0.1) is 0 Å². The second-order valence-electron chi connectivity index (χ2n) is 6.32. The molecule has 0 saturated carbocycles. The summed E-state index contributed by atoms with van der Waals surface area (Å²) in [4.78, 5) is 41.8. The Morgan fingerprint density at radius 2 is 2.00 bits per heavy atom. The van der Waals surface area contributed by atoms with E-state index in [0.29, 0.717) is 31.5 Å². The molecule has 0 spiro atoms. The fraction of sp³-hybridized carbons (Fsp3) is 0.368. The lowest BCUT2D eigenvalue weighted by atomic mass is 10.0. The van der Waals surface area contributed by atoms with Gasteiger partial charge >= 0.3 is 11.9 Å². The molecule has 1 aromatic carbocycles. The molecule has 2 heterocycles. The molecule has 2 amide bonds. The highest BCUT2D eigenvalue weighted by Crippen LogP contribution is 2.19. The predicted molar refractivity (Wildman–Crippen MR) is 103 cm³/mol. The van der Waals surface area contributed by atoms with Crippen LogP contribution in [0.2, 0.25) is 0 Å². The summed E-state index contributed by atoms with van der Waals surface area (Å²) in [5, 5.41) is 3.86. The summed E-state index contributed by atoms with van der Waals surface area (Å²) >= 11 is 3.42. The lowest BCUT2D eigenvalue weighted by Crippen LogP contribution is -2.48. The first kappa shape index (κ1) is 19.3. The van der Waals surface area contributed by atoms with Crippen LogP contribution in [-0.2, 0) is 14.3 Å². The largest absolute Gasteiger partial charge is 0.459 e. The maximum absolute atomic E-state index is 12.5. The molecule has 1 aliphatic heterocycles. The fourth-order valence-corrected chi connectivity index (χ4v) is 3.42. The fourth-order valence-electron chi connectivity index (χ4n) is 3.04. The van der Waals surface area contributed by atoms with Crippen LogP contribution in [-0.4, -0.2) is 53.4 Å². The van der Waals surface area contributed by atoms with Crippen LogP contribution in [0.25, 0.3) is 10.9 Å². The Bertz CT molecular complexity index is 878. The predicted octanol–water partition coefficient (Wildman–Crippen LogP) is 2.28. The number of halogens is 1. The number of esters is 1. The number of carbonyl (C=O) groups excluding carboxylic acids is 3. The zero-order valence-corrected chi connectivity index (χ0v) is 16.5. The van der Waals surface area contributed by atoms with E-state index in [4.69, 9.17) is 4.74 Å². The van der Waals surface area contributed by atoms with Gasteiger partial charge in [0.2, 0.25) is 0 Å². The molecule has 1 aliphatic rings. The van der Waals surface area contributed by atoms with Crippen molar-refractivity contribution < 1.29 is 19.1 Å². The molecule has 0 atom stereocenters. The summed E-state index contributed by atoms with van der Waals surface area (Å²) in [5.41, 5.74) is 1.31. The first-order valence-electron chi connectivity index (χ1n) is 8.80. The smallest absolute Gasteiger partial charge is 0.397 e. The van der Waals surface area contributed by atoms with Gasteiger partial charge < -0.3 is 15.0 Å². The number of hydrogen-bond donors (Lipinski definition) is 1. The highest BCUT2D eigenvalue weighted by molar-refractivity contribution is 9.10. The number of benzene rings is 1. The van der Waals surface area contributed by atoms with Crippen molar-refractivity contribution in [2.24, 2.45) is 0 Å². The van der Waals surface area contributed by atoms with Crippen molar-refractivity contribution in [2.45, 2.75) is 25.8 Å². The summed E-state index contributed by atoms with van der Waals surface area (Å²) < 4.78 is 5.66. The van der Waals surface area contributed by atoms with Crippen molar-refractivity contribution in [3.05, 3.63) is 40.5 Å². The zero-order valence-electron chi connectivity index (χ0n) is 14.9. The third-order valence-corrected chi connectivity index (χ3v) is 4.97. The summed E-state index contributed by atoms with van der Waals surface area (Å²) in [5.74, 6) is -1.64. The van der Waals surface area contributed by atoms with E-state index in [2.05, 4.69) is 26.2 Å². The van der Waals surface area contributed by atoms with Crippen LogP contribution in [0.3, 0.4) is 0 Å². The molecule has 0 bridgehead atoms. The number of amides is 2. The number of ether oxygens (including phenoxy) is 1. The number of hydrogen-bond acceptors (Lipinski definition) is 5. The first-order valence-corrected chi connectivity index (χ1v) is 9.59. The molecule has 1 N–H and O–H groups in total. The number of nitrogens with one attached hydrogen (secondary N) is 1. The second-order valence-corrected chi connectivity index (χ2v) is 7.24. The van der Waals surface area contributed by atoms with Gasteiger partial charge in [-0.05, 0) is 44.0 Å². The summed E-state index contributed by atoms with van der Waals surface area (Å²) in [6.45, 7) is 2.65. The normalized spacial score (nSPS) is 14.8. The quantitative estimate of drug-likeness (QED) is 0.592. The molecule has 8 heteroatoms. The summed E-state index contributed by atoms with van der Waals surface area (Å²) in [6.07, 6.45) is 2.73. The van der Waals surface area contributed by atoms with Crippen molar-refractivity contribution in [1.29, 1.82) is 0 Å². The average Bonchev–Trinajstić information content (AvgIpc) is 2.67. The Hall–Kier alpha value is -2.48. The number of fused-ring (bicyclic) bond motifs is 1. The van der Waals surface area contributed by atoms with Gasteiger partial charge in [0.1, 0.15) is 0 Å². The molecule has 1 aromatic heterocycles. The van der Waals surface area contributed by atoms with E-state index >= 15 is 0 Å². The van der Waals surface area contributed by atoms with Crippen molar-refractivity contribution in [3.8, 4) is 0 Å².